The van der Waals surface area contributed by atoms with Gasteiger partial charge in [-0.3, -0.25) is 4.79 Å². The molecule has 4 nitrogen and oxygen atoms in total. The van der Waals surface area contributed by atoms with E-state index in [2.05, 4.69) is 5.32 Å². The number of halogens is 2. The van der Waals surface area contributed by atoms with Gasteiger partial charge in [0.1, 0.15) is 0 Å². The number of amides is 1. The first-order valence-corrected chi connectivity index (χ1v) is 6.81. The summed E-state index contributed by atoms with van der Waals surface area (Å²) in [6, 6.07) is 4.53. The van der Waals surface area contributed by atoms with E-state index in [0.29, 0.717) is 28.5 Å². The number of nitrogens with one attached hydrogen (secondary N) is 1. The van der Waals surface area contributed by atoms with Crippen LogP contribution < -0.4 is 5.32 Å². The highest BCUT2D eigenvalue weighted by molar-refractivity contribution is 6.35. The molecule has 19 heavy (non-hydrogen) atoms. The molecule has 0 saturated heterocycles. The molecule has 2 rings (SSSR count). The lowest BCUT2D eigenvalue weighted by Gasteiger charge is -2.13. The Morgan fingerprint density at radius 3 is 2.74 bits per heavy atom. The molecule has 0 bridgehead atoms. The van der Waals surface area contributed by atoms with Gasteiger partial charge in [0.15, 0.2) is 0 Å². The lowest BCUT2D eigenvalue weighted by molar-refractivity contribution is 0.0903. The lowest BCUT2D eigenvalue weighted by atomic mass is 10.1. The standard InChI is InChI=1S/C13H15Cl2NO3/c14-8-1-2-11(15)10(4-8)13(19)16-9-3-7(6-17)12(18)5-9/h1-2,4,7,9,12,17-18H,3,5-6H2,(H,16,19)/t7-,9-,12-/m0/s1. The fraction of sp³-hybridized carbons (Fsp3) is 0.462. The highest BCUT2D eigenvalue weighted by Gasteiger charge is 2.33. The van der Waals surface area contributed by atoms with Crippen molar-refractivity contribution in [1.82, 2.24) is 5.32 Å². The van der Waals surface area contributed by atoms with Gasteiger partial charge in [0.2, 0.25) is 0 Å². The summed E-state index contributed by atoms with van der Waals surface area (Å²) in [6.45, 7) is -0.0779. The topological polar surface area (TPSA) is 69.6 Å². The first kappa shape index (κ1) is 14.6. The van der Waals surface area contributed by atoms with E-state index in [4.69, 9.17) is 28.3 Å². The fourth-order valence-corrected chi connectivity index (χ4v) is 2.73. The van der Waals surface area contributed by atoms with E-state index in [1.807, 2.05) is 0 Å². The zero-order valence-corrected chi connectivity index (χ0v) is 11.7. The Bertz CT molecular complexity index is 481. The highest BCUT2D eigenvalue weighted by atomic mass is 35.5. The first-order chi connectivity index (χ1) is 9.01. The van der Waals surface area contributed by atoms with E-state index in [1.165, 1.54) is 6.07 Å². The average molecular weight is 304 g/mol. The zero-order chi connectivity index (χ0) is 14.0. The molecule has 1 aliphatic rings. The molecule has 1 saturated carbocycles. The minimum absolute atomic E-state index is 0.0779. The number of benzene rings is 1. The summed E-state index contributed by atoms with van der Waals surface area (Å²) < 4.78 is 0. The van der Waals surface area contributed by atoms with Gasteiger partial charge in [0.25, 0.3) is 5.91 Å². The Balaban J connectivity index is 2.04. The van der Waals surface area contributed by atoms with Crippen molar-refractivity contribution in [3.05, 3.63) is 33.8 Å². The van der Waals surface area contributed by atoms with E-state index in [0.717, 1.165) is 0 Å². The van der Waals surface area contributed by atoms with Crippen LogP contribution in [-0.4, -0.2) is 34.9 Å². The number of carbonyl (C=O) groups is 1. The zero-order valence-electron chi connectivity index (χ0n) is 10.1. The summed E-state index contributed by atoms with van der Waals surface area (Å²) in [5.41, 5.74) is 0.316. The van der Waals surface area contributed by atoms with Crippen molar-refractivity contribution < 1.29 is 15.0 Å². The van der Waals surface area contributed by atoms with E-state index >= 15 is 0 Å². The monoisotopic (exact) mass is 303 g/mol. The van der Waals surface area contributed by atoms with E-state index in [-0.39, 0.29) is 24.5 Å². The quantitative estimate of drug-likeness (QED) is 0.798. The largest absolute Gasteiger partial charge is 0.396 e. The van der Waals surface area contributed by atoms with Gasteiger partial charge in [-0.25, -0.2) is 0 Å². The molecule has 0 aromatic heterocycles. The van der Waals surface area contributed by atoms with Crippen LogP contribution in [0.15, 0.2) is 18.2 Å². The van der Waals surface area contributed by atoms with E-state index in [9.17, 15) is 9.90 Å². The number of rotatable bonds is 3. The molecule has 1 fully saturated rings. The minimum Gasteiger partial charge on any atom is -0.396 e. The molecular weight excluding hydrogens is 289 g/mol. The van der Waals surface area contributed by atoms with Crippen molar-refractivity contribution in [3.63, 3.8) is 0 Å². The molecule has 104 valence electrons. The summed E-state index contributed by atoms with van der Waals surface area (Å²) in [4.78, 5) is 12.1. The molecule has 1 aromatic rings. The molecule has 6 heteroatoms. The minimum atomic E-state index is -0.579. The number of aliphatic hydroxyl groups is 2. The third-order valence-electron chi connectivity index (χ3n) is 3.40. The van der Waals surface area contributed by atoms with Crippen molar-refractivity contribution in [1.29, 1.82) is 0 Å². The molecule has 1 aliphatic carbocycles. The molecule has 3 N–H and O–H groups in total. The third kappa shape index (κ3) is 3.39. The molecule has 0 heterocycles. The number of hydrogen-bond acceptors (Lipinski definition) is 3. The molecular formula is C13H15Cl2NO3. The van der Waals surface area contributed by atoms with Crippen LogP contribution in [-0.2, 0) is 0 Å². The van der Waals surface area contributed by atoms with Crippen LogP contribution in [0.1, 0.15) is 23.2 Å². The summed E-state index contributed by atoms with van der Waals surface area (Å²) in [7, 11) is 0. The van der Waals surface area contributed by atoms with Crippen molar-refractivity contribution >= 4 is 29.1 Å². The fourth-order valence-electron chi connectivity index (χ4n) is 2.35. The van der Waals surface area contributed by atoms with Crippen LogP contribution in [0.5, 0.6) is 0 Å². The Kier molecular flexibility index (Phi) is 4.68. The van der Waals surface area contributed by atoms with Gasteiger partial charge >= 0.3 is 0 Å². The van der Waals surface area contributed by atoms with Gasteiger partial charge in [-0.1, -0.05) is 23.2 Å². The predicted octanol–water partition coefficient (Wildman–Crippen LogP) is 1.85. The number of carbonyl (C=O) groups excluding carboxylic acids is 1. The van der Waals surface area contributed by atoms with Gasteiger partial charge in [0, 0.05) is 23.6 Å². The van der Waals surface area contributed by atoms with Crippen molar-refractivity contribution in [3.8, 4) is 0 Å². The van der Waals surface area contributed by atoms with Gasteiger partial charge in [-0.15, -0.1) is 0 Å². The molecule has 1 amide bonds. The smallest absolute Gasteiger partial charge is 0.253 e. The second-order valence-electron chi connectivity index (χ2n) is 4.78. The summed E-state index contributed by atoms with van der Waals surface area (Å²) in [5, 5.41) is 22.3. The summed E-state index contributed by atoms with van der Waals surface area (Å²) in [6.07, 6.45) is 0.418. The predicted molar refractivity (Wildman–Crippen MR) is 73.5 cm³/mol. The van der Waals surface area contributed by atoms with Gasteiger partial charge in [-0.2, -0.15) is 0 Å². The highest BCUT2D eigenvalue weighted by Crippen LogP contribution is 2.27. The van der Waals surface area contributed by atoms with E-state index in [1.54, 1.807) is 12.1 Å². The summed E-state index contributed by atoms with van der Waals surface area (Å²) in [5.74, 6) is -0.497. The second-order valence-corrected chi connectivity index (χ2v) is 5.62. The Labute approximate surface area is 121 Å². The number of aliphatic hydroxyl groups excluding tert-OH is 2. The SMILES string of the molecule is O=C(N[C@H]1C[C@@H](CO)[C@@H](O)C1)c1cc(Cl)ccc1Cl. The molecule has 1 aromatic carbocycles. The third-order valence-corrected chi connectivity index (χ3v) is 3.96. The van der Waals surface area contributed by atoms with Crippen molar-refractivity contribution in [2.24, 2.45) is 5.92 Å². The van der Waals surface area contributed by atoms with Crippen LogP contribution in [0.3, 0.4) is 0 Å². The molecule has 0 radical (unpaired) electrons. The van der Waals surface area contributed by atoms with E-state index < -0.39 is 6.10 Å². The van der Waals surface area contributed by atoms with Gasteiger partial charge in [0.05, 0.1) is 16.7 Å². The van der Waals surface area contributed by atoms with Crippen LogP contribution in [0.4, 0.5) is 0 Å². The lowest BCUT2D eigenvalue weighted by Crippen LogP contribution is -2.33. The maximum Gasteiger partial charge on any atom is 0.253 e. The van der Waals surface area contributed by atoms with Crippen LogP contribution >= 0.6 is 23.2 Å². The van der Waals surface area contributed by atoms with Crippen molar-refractivity contribution in [2.45, 2.75) is 25.0 Å². The average Bonchev–Trinajstić information content (AvgIpc) is 2.72. The Hall–Kier alpha value is -0.810. The van der Waals surface area contributed by atoms with Crippen LogP contribution in [0.25, 0.3) is 0 Å². The summed E-state index contributed by atoms with van der Waals surface area (Å²) >= 11 is 11.8. The normalized spacial score (nSPS) is 26.4. The van der Waals surface area contributed by atoms with Gasteiger partial charge < -0.3 is 15.5 Å². The maximum atomic E-state index is 12.1. The molecule has 0 spiro atoms. The first-order valence-electron chi connectivity index (χ1n) is 6.06. The van der Waals surface area contributed by atoms with Gasteiger partial charge in [-0.05, 0) is 31.0 Å². The Morgan fingerprint density at radius 2 is 2.11 bits per heavy atom. The van der Waals surface area contributed by atoms with Crippen LogP contribution in [0.2, 0.25) is 10.0 Å². The molecule has 0 unspecified atom stereocenters. The van der Waals surface area contributed by atoms with Crippen LogP contribution in [0, 0.1) is 5.92 Å². The second kappa shape index (κ2) is 6.09. The molecule has 0 aliphatic heterocycles. The number of hydrogen-bond donors (Lipinski definition) is 3. The maximum absolute atomic E-state index is 12.1. The Morgan fingerprint density at radius 1 is 1.37 bits per heavy atom. The molecule has 3 atom stereocenters. The van der Waals surface area contributed by atoms with Crippen molar-refractivity contribution in [2.75, 3.05) is 6.61 Å².